The summed E-state index contributed by atoms with van der Waals surface area (Å²) in [7, 11) is 0. The summed E-state index contributed by atoms with van der Waals surface area (Å²) in [4.78, 5) is 12.2. The van der Waals surface area contributed by atoms with E-state index in [9.17, 15) is 9.18 Å². The van der Waals surface area contributed by atoms with E-state index in [4.69, 9.17) is 4.74 Å². The molecule has 2 aliphatic rings. The van der Waals surface area contributed by atoms with Gasteiger partial charge in [-0.3, -0.25) is 4.79 Å². The maximum Gasteiger partial charge on any atom is 0.223 e. The fraction of sp³-hybridized carbons (Fsp3) is 0.533. The first-order chi connectivity index (χ1) is 9.24. The zero-order chi connectivity index (χ0) is 13.2. The third-order valence-corrected chi connectivity index (χ3v) is 4.05. The number of nitrogens with one attached hydrogen (secondary N) is 1. The Bertz CT molecular complexity index is 483. The Labute approximate surface area is 112 Å². The second-order valence-corrected chi connectivity index (χ2v) is 5.36. The highest BCUT2D eigenvalue weighted by atomic mass is 19.1. The molecule has 3 rings (SSSR count). The molecule has 0 spiro atoms. The molecular formula is C15H18FNO2. The van der Waals surface area contributed by atoms with Crippen molar-refractivity contribution in [3.8, 4) is 5.75 Å². The minimum atomic E-state index is -0.288. The zero-order valence-corrected chi connectivity index (χ0v) is 10.8. The second kappa shape index (κ2) is 5.19. The Kier molecular flexibility index (Phi) is 3.40. The summed E-state index contributed by atoms with van der Waals surface area (Å²) >= 11 is 0. The van der Waals surface area contributed by atoms with Gasteiger partial charge in [-0.1, -0.05) is 12.8 Å². The van der Waals surface area contributed by atoms with Crippen LogP contribution in [0.3, 0.4) is 0 Å². The average Bonchev–Trinajstić information content (AvgIpc) is 2.93. The van der Waals surface area contributed by atoms with Crippen LogP contribution in [0.5, 0.6) is 5.75 Å². The fourth-order valence-electron chi connectivity index (χ4n) is 2.99. The first-order valence-corrected chi connectivity index (χ1v) is 6.96. The molecule has 1 saturated carbocycles. The largest absolute Gasteiger partial charge is 0.493 e. The summed E-state index contributed by atoms with van der Waals surface area (Å²) in [5.74, 6) is 0.646. The van der Waals surface area contributed by atoms with E-state index >= 15 is 0 Å². The number of hydrogen-bond donors (Lipinski definition) is 1. The van der Waals surface area contributed by atoms with Gasteiger partial charge in [-0.25, -0.2) is 4.39 Å². The molecular weight excluding hydrogens is 245 g/mol. The Hall–Kier alpha value is -1.58. The van der Waals surface area contributed by atoms with Crippen molar-refractivity contribution in [2.75, 3.05) is 6.61 Å². The SMILES string of the molecule is O=C(NC1CCOc2ccc(F)cc21)C1CCCC1. The Morgan fingerprint density at radius 3 is 2.84 bits per heavy atom. The zero-order valence-electron chi connectivity index (χ0n) is 10.8. The van der Waals surface area contributed by atoms with Crippen LogP contribution in [-0.2, 0) is 4.79 Å². The predicted molar refractivity (Wildman–Crippen MR) is 69.4 cm³/mol. The number of amides is 1. The summed E-state index contributed by atoms with van der Waals surface area (Å²) in [6.07, 6.45) is 4.93. The third kappa shape index (κ3) is 2.57. The van der Waals surface area contributed by atoms with E-state index in [1.807, 2.05) is 0 Å². The highest BCUT2D eigenvalue weighted by Crippen LogP contribution is 2.33. The van der Waals surface area contributed by atoms with E-state index < -0.39 is 0 Å². The lowest BCUT2D eigenvalue weighted by Crippen LogP contribution is -2.35. The first kappa shape index (κ1) is 12.5. The van der Waals surface area contributed by atoms with E-state index in [2.05, 4.69) is 5.32 Å². The summed E-state index contributed by atoms with van der Waals surface area (Å²) in [5, 5.41) is 3.06. The lowest BCUT2D eigenvalue weighted by Gasteiger charge is -2.27. The minimum absolute atomic E-state index is 0.111. The van der Waals surface area contributed by atoms with Crippen LogP contribution in [0, 0.1) is 11.7 Å². The van der Waals surface area contributed by atoms with Gasteiger partial charge in [0.2, 0.25) is 5.91 Å². The number of hydrogen-bond acceptors (Lipinski definition) is 2. The Morgan fingerprint density at radius 2 is 2.05 bits per heavy atom. The van der Waals surface area contributed by atoms with Crippen LogP contribution in [0.15, 0.2) is 18.2 Å². The fourth-order valence-corrected chi connectivity index (χ4v) is 2.99. The number of fused-ring (bicyclic) bond motifs is 1. The molecule has 3 nitrogen and oxygen atoms in total. The molecule has 1 atom stereocenters. The number of halogens is 1. The normalized spacial score (nSPS) is 22.7. The summed E-state index contributed by atoms with van der Waals surface area (Å²) in [5.41, 5.74) is 0.762. The highest BCUT2D eigenvalue weighted by Gasteiger charge is 2.28. The van der Waals surface area contributed by atoms with E-state index in [-0.39, 0.29) is 23.7 Å². The molecule has 4 heteroatoms. The smallest absolute Gasteiger partial charge is 0.223 e. The van der Waals surface area contributed by atoms with Crippen molar-refractivity contribution in [2.24, 2.45) is 5.92 Å². The molecule has 0 bridgehead atoms. The highest BCUT2D eigenvalue weighted by molar-refractivity contribution is 5.79. The van der Waals surface area contributed by atoms with E-state index in [1.165, 1.54) is 12.1 Å². The average molecular weight is 263 g/mol. The van der Waals surface area contributed by atoms with Gasteiger partial charge in [0.25, 0.3) is 0 Å². The van der Waals surface area contributed by atoms with Crippen molar-refractivity contribution in [1.82, 2.24) is 5.32 Å². The number of carbonyl (C=O) groups excluding carboxylic acids is 1. The summed E-state index contributed by atoms with van der Waals surface area (Å²) < 4.78 is 18.8. The number of benzene rings is 1. The quantitative estimate of drug-likeness (QED) is 0.891. The van der Waals surface area contributed by atoms with Gasteiger partial charge in [-0.15, -0.1) is 0 Å². The van der Waals surface area contributed by atoms with E-state index in [0.717, 1.165) is 31.2 Å². The van der Waals surface area contributed by atoms with Crippen LogP contribution < -0.4 is 10.1 Å². The van der Waals surface area contributed by atoms with Gasteiger partial charge in [-0.2, -0.15) is 0 Å². The van der Waals surface area contributed by atoms with Crippen LogP contribution in [0.1, 0.15) is 43.7 Å². The van der Waals surface area contributed by atoms with Crippen LogP contribution in [0.4, 0.5) is 4.39 Å². The molecule has 19 heavy (non-hydrogen) atoms. The summed E-state index contributed by atoms with van der Waals surface area (Å²) in [6, 6.07) is 4.37. The van der Waals surface area contributed by atoms with Gasteiger partial charge < -0.3 is 10.1 Å². The maximum absolute atomic E-state index is 13.3. The van der Waals surface area contributed by atoms with E-state index in [0.29, 0.717) is 18.8 Å². The van der Waals surface area contributed by atoms with Crippen molar-refractivity contribution in [3.05, 3.63) is 29.6 Å². The van der Waals surface area contributed by atoms with E-state index in [1.54, 1.807) is 6.07 Å². The molecule has 102 valence electrons. The van der Waals surface area contributed by atoms with Crippen molar-refractivity contribution >= 4 is 5.91 Å². The second-order valence-electron chi connectivity index (χ2n) is 5.36. The van der Waals surface area contributed by atoms with Crippen molar-refractivity contribution in [3.63, 3.8) is 0 Å². The van der Waals surface area contributed by atoms with Gasteiger partial charge in [0, 0.05) is 17.9 Å². The van der Waals surface area contributed by atoms with Gasteiger partial charge in [0.1, 0.15) is 11.6 Å². The molecule has 1 fully saturated rings. The van der Waals surface area contributed by atoms with Crippen molar-refractivity contribution in [2.45, 2.75) is 38.1 Å². The molecule has 1 aromatic rings. The monoisotopic (exact) mass is 263 g/mol. The maximum atomic E-state index is 13.3. The van der Waals surface area contributed by atoms with Crippen molar-refractivity contribution in [1.29, 1.82) is 0 Å². The lowest BCUT2D eigenvalue weighted by atomic mass is 9.99. The van der Waals surface area contributed by atoms with Crippen LogP contribution in [-0.4, -0.2) is 12.5 Å². The lowest BCUT2D eigenvalue weighted by molar-refractivity contribution is -0.125. The molecule has 0 aromatic heterocycles. The molecule has 1 aliphatic carbocycles. The number of ether oxygens (including phenoxy) is 1. The van der Waals surface area contributed by atoms with Gasteiger partial charge in [-0.05, 0) is 31.0 Å². The van der Waals surface area contributed by atoms with Gasteiger partial charge in [0.05, 0.1) is 12.6 Å². The molecule has 1 unspecified atom stereocenters. The van der Waals surface area contributed by atoms with Crippen molar-refractivity contribution < 1.29 is 13.9 Å². The molecule has 1 aliphatic heterocycles. The molecule has 1 aromatic carbocycles. The van der Waals surface area contributed by atoms with Gasteiger partial charge in [0.15, 0.2) is 0 Å². The minimum Gasteiger partial charge on any atom is -0.493 e. The topological polar surface area (TPSA) is 38.3 Å². The molecule has 0 saturated heterocycles. The van der Waals surface area contributed by atoms with Gasteiger partial charge >= 0.3 is 0 Å². The first-order valence-electron chi connectivity index (χ1n) is 6.96. The molecule has 0 radical (unpaired) electrons. The number of rotatable bonds is 2. The van der Waals surface area contributed by atoms with Crippen LogP contribution in [0.2, 0.25) is 0 Å². The Morgan fingerprint density at radius 1 is 1.26 bits per heavy atom. The summed E-state index contributed by atoms with van der Waals surface area (Å²) in [6.45, 7) is 0.564. The predicted octanol–water partition coefficient (Wildman–Crippen LogP) is 2.96. The molecule has 1 N–H and O–H groups in total. The standard InChI is InChI=1S/C15H18FNO2/c16-11-5-6-14-12(9-11)13(7-8-19-14)17-15(18)10-3-1-2-4-10/h5-6,9-10,13H,1-4,7-8H2,(H,17,18). The molecule has 1 heterocycles. The Balaban J connectivity index is 1.75. The molecule has 1 amide bonds. The third-order valence-electron chi connectivity index (χ3n) is 4.05. The van der Waals surface area contributed by atoms with Crippen LogP contribution >= 0.6 is 0 Å². The number of carbonyl (C=O) groups is 1. The van der Waals surface area contributed by atoms with Crippen LogP contribution in [0.25, 0.3) is 0 Å².